The Labute approximate surface area is 121 Å². The summed E-state index contributed by atoms with van der Waals surface area (Å²) in [6.45, 7) is 0. The summed E-state index contributed by atoms with van der Waals surface area (Å²) in [5.41, 5.74) is 0.320. The zero-order valence-corrected chi connectivity index (χ0v) is 11.6. The molecule has 0 spiro atoms. The Balaban J connectivity index is 2.28. The van der Waals surface area contributed by atoms with Crippen molar-refractivity contribution in [2.45, 2.75) is 12.5 Å². The molecule has 0 fully saturated rings. The normalized spacial score (nSPS) is 12.5. The largest absolute Gasteiger partial charge is 0.388 e. The van der Waals surface area contributed by atoms with Crippen LogP contribution in [0, 0.1) is 23.3 Å². The SMILES string of the molecule is OC(Cc1cc(F)ccc1Br)c1cc(F)c(F)c(F)c1. The van der Waals surface area contributed by atoms with Crippen molar-refractivity contribution in [3.05, 3.63) is 69.2 Å². The lowest BCUT2D eigenvalue weighted by atomic mass is 10.0. The molecule has 0 amide bonds. The van der Waals surface area contributed by atoms with E-state index in [1.165, 1.54) is 18.2 Å². The molecule has 0 aliphatic carbocycles. The minimum atomic E-state index is -1.59. The Morgan fingerprint density at radius 2 is 1.60 bits per heavy atom. The van der Waals surface area contributed by atoms with Crippen LogP contribution in [0.5, 0.6) is 0 Å². The molecule has 0 aliphatic rings. The number of aliphatic hydroxyl groups excluding tert-OH is 1. The summed E-state index contributed by atoms with van der Waals surface area (Å²) in [5, 5.41) is 9.93. The van der Waals surface area contributed by atoms with E-state index in [1.54, 1.807) is 0 Å². The van der Waals surface area contributed by atoms with E-state index in [1.807, 2.05) is 0 Å². The van der Waals surface area contributed by atoms with E-state index in [0.29, 0.717) is 10.0 Å². The van der Waals surface area contributed by atoms with Gasteiger partial charge in [-0.3, -0.25) is 0 Å². The van der Waals surface area contributed by atoms with Crippen molar-refractivity contribution >= 4 is 15.9 Å². The molecular weight excluding hydrogens is 340 g/mol. The quantitative estimate of drug-likeness (QED) is 0.648. The van der Waals surface area contributed by atoms with Crippen molar-refractivity contribution in [2.75, 3.05) is 0 Å². The predicted molar refractivity (Wildman–Crippen MR) is 69.1 cm³/mol. The molecule has 0 saturated heterocycles. The van der Waals surface area contributed by atoms with Crippen LogP contribution in [0.1, 0.15) is 17.2 Å². The highest BCUT2D eigenvalue weighted by molar-refractivity contribution is 9.10. The van der Waals surface area contributed by atoms with Crippen molar-refractivity contribution < 1.29 is 22.7 Å². The van der Waals surface area contributed by atoms with Gasteiger partial charge < -0.3 is 5.11 Å². The van der Waals surface area contributed by atoms with Crippen LogP contribution in [0.15, 0.2) is 34.8 Å². The average Bonchev–Trinajstić information content (AvgIpc) is 2.39. The maximum absolute atomic E-state index is 13.1. The molecule has 0 aromatic heterocycles. The van der Waals surface area contributed by atoms with Crippen LogP contribution < -0.4 is 0 Å². The van der Waals surface area contributed by atoms with Crippen molar-refractivity contribution in [1.82, 2.24) is 0 Å². The van der Waals surface area contributed by atoms with Gasteiger partial charge in [0.2, 0.25) is 0 Å². The van der Waals surface area contributed by atoms with Gasteiger partial charge in [0.25, 0.3) is 0 Å². The Kier molecular flexibility index (Phi) is 4.45. The van der Waals surface area contributed by atoms with Crippen molar-refractivity contribution in [3.8, 4) is 0 Å². The lowest BCUT2D eigenvalue weighted by molar-refractivity contribution is 0.177. The molecular formula is C14H9BrF4O. The first-order chi connectivity index (χ1) is 9.38. The Morgan fingerprint density at radius 3 is 2.20 bits per heavy atom. The second kappa shape index (κ2) is 5.93. The van der Waals surface area contributed by atoms with Crippen molar-refractivity contribution in [3.63, 3.8) is 0 Å². The molecule has 2 rings (SSSR count). The smallest absolute Gasteiger partial charge is 0.194 e. The minimum Gasteiger partial charge on any atom is -0.388 e. The fraction of sp³-hybridized carbons (Fsp3) is 0.143. The van der Waals surface area contributed by atoms with Crippen LogP contribution in [0.4, 0.5) is 17.6 Å². The molecule has 1 N–H and O–H groups in total. The molecule has 2 aromatic carbocycles. The topological polar surface area (TPSA) is 20.2 Å². The van der Waals surface area contributed by atoms with Gasteiger partial charge in [-0.15, -0.1) is 0 Å². The second-order valence-corrected chi connectivity index (χ2v) is 5.11. The molecule has 0 radical (unpaired) electrons. The highest BCUT2D eigenvalue weighted by Crippen LogP contribution is 2.26. The molecule has 1 atom stereocenters. The molecule has 2 aromatic rings. The van der Waals surface area contributed by atoms with E-state index in [0.717, 1.165) is 12.1 Å². The first-order valence-corrected chi connectivity index (χ1v) is 6.44. The summed E-state index contributed by atoms with van der Waals surface area (Å²) >= 11 is 3.19. The van der Waals surface area contributed by atoms with Crippen LogP contribution in [0.2, 0.25) is 0 Å². The lowest BCUT2D eigenvalue weighted by Crippen LogP contribution is -2.05. The second-order valence-electron chi connectivity index (χ2n) is 4.25. The average molecular weight is 349 g/mol. The van der Waals surface area contributed by atoms with E-state index in [9.17, 15) is 22.7 Å². The van der Waals surface area contributed by atoms with Gasteiger partial charge >= 0.3 is 0 Å². The molecule has 6 heteroatoms. The van der Waals surface area contributed by atoms with Crippen LogP contribution in [-0.2, 0) is 6.42 Å². The highest BCUT2D eigenvalue weighted by atomic mass is 79.9. The summed E-state index contributed by atoms with van der Waals surface area (Å²) in [7, 11) is 0. The third kappa shape index (κ3) is 3.19. The van der Waals surface area contributed by atoms with Gasteiger partial charge in [0.05, 0.1) is 6.10 Å². The number of hydrogen-bond acceptors (Lipinski definition) is 1. The van der Waals surface area contributed by atoms with E-state index >= 15 is 0 Å². The highest BCUT2D eigenvalue weighted by Gasteiger charge is 2.17. The number of benzene rings is 2. The van der Waals surface area contributed by atoms with Gasteiger partial charge in [-0.05, 0) is 41.5 Å². The first-order valence-electron chi connectivity index (χ1n) is 5.65. The maximum atomic E-state index is 13.1. The molecule has 20 heavy (non-hydrogen) atoms. The molecule has 0 saturated carbocycles. The van der Waals surface area contributed by atoms with Crippen LogP contribution >= 0.6 is 15.9 Å². The van der Waals surface area contributed by atoms with E-state index < -0.39 is 29.4 Å². The predicted octanol–water partition coefficient (Wildman–Crippen LogP) is 4.28. The summed E-state index contributed by atoms with van der Waals surface area (Å²) in [6, 6.07) is 5.33. The van der Waals surface area contributed by atoms with E-state index in [4.69, 9.17) is 0 Å². The molecule has 0 aliphatic heterocycles. The zero-order chi connectivity index (χ0) is 14.9. The number of rotatable bonds is 3. The molecule has 1 unspecified atom stereocenters. The zero-order valence-electron chi connectivity index (χ0n) is 10.0. The van der Waals surface area contributed by atoms with Gasteiger partial charge in [-0.2, -0.15) is 0 Å². The summed E-state index contributed by atoms with van der Waals surface area (Å²) in [6.07, 6.45) is -1.35. The Bertz CT molecular complexity index is 622. The standard InChI is InChI=1S/C14H9BrF4O/c15-10-2-1-9(16)3-7(10)6-13(20)8-4-11(17)14(19)12(18)5-8/h1-5,13,20H,6H2. The third-order valence-corrected chi connectivity index (χ3v) is 3.59. The lowest BCUT2D eigenvalue weighted by Gasteiger charge is -2.13. The molecule has 0 bridgehead atoms. The summed E-state index contributed by atoms with van der Waals surface area (Å²) < 4.78 is 52.7. The van der Waals surface area contributed by atoms with E-state index in [-0.39, 0.29) is 12.0 Å². The Hall–Kier alpha value is -1.40. The van der Waals surface area contributed by atoms with Gasteiger partial charge in [0.1, 0.15) is 5.82 Å². The fourth-order valence-corrected chi connectivity index (χ4v) is 2.20. The van der Waals surface area contributed by atoms with Gasteiger partial charge in [-0.1, -0.05) is 15.9 Å². The van der Waals surface area contributed by atoms with Crippen molar-refractivity contribution in [1.29, 1.82) is 0 Å². The Morgan fingerprint density at radius 1 is 1.00 bits per heavy atom. The van der Waals surface area contributed by atoms with Gasteiger partial charge in [-0.25, -0.2) is 17.6 Å². The van der Waals surface area contributed by atoms with E-state index in [2.05, 4.69) is 15.9 Å². The summed E-state index contributed by atoms with van der Waals surface area (Å²) in [5.74, 6) is -4.84. The minimum absolute atomic E-state index is 0.0666. The summed E-state index contributed by atoms with van der Waals surface area (Å²) in [4.78, 5) is 0. The first kappa shape index (κ1) is 15.0. The molecule has 106 valence electrons. The number of aliphatic hydroxyl groups is 1. The van der Waals surface area contributed by atoms with Gasteiger partial charge in [0, 0.05) is 10.9 Å². The number of hydrogen-bond donors (Lipinski definition) is 1. The molecule has 0 heterocycles. The number of halogens is 5. The van der Waals surface area contributed by atoms with Crippen LogP contribution in [-0.4, -0.2) is 5.11 Å². The van der Waals surface area contributed by atoms with Crippen molar-refractivity contribution in [2.24, 2.45) is 0 Å². The monoisotopic (exact) mass is 348 g/mol. The third-order valence-electron chi connectivity index (χ3n) is 2.81. The van der Waals surface area contributed by atoms with Gasteiger partial charge in [0.15, 0.2) is 17.5 Å². The van der Waals surface area contributed by atoms with Crippen LogP contribution in [0.25, 0.3) is 0 Å². The van der Waals surface area contributed by atoms with Crippen LogP contribution in [0.3, 0.4) is 0 Å². The maximum Gasteiger partial charge on any atom is 0.194 e. The fourth-order valence-electron chi connectivity index (χ4n) is 1.79. The molecule has 1 nitrogen and oxygen atoms in total.